The molecule has 0 rings (SSSR count). The standard InChI is InChI=1S/C3H7F2N/c1-2(6)3(4)5/h2-3H,6H2,1H3/t2-/m1/s1. The quantitative estimate of drug-likeness (QED) is 0.507. The lowest BCUT2D eigenvalue weighted by Crippen LogP contribution is -2.23. The first kappa shape index (κ1) is 5.82. The summed E-state index contributed by atoms with van der Waals surface area (Å²) in [5, 5.41) is 0. The molecule has 0 aromatic rings. The first-order valence-electron chi connectivity index (χ1n) is 1.68. The third kappa shape index (κ3) is 2.08. The largest absolute Gasteiger partial charge is 0.323 e. The number of alkyl halides is 2. The summed E-state index contributed by atoms with van der Waals surface area (Å²) < 4.78 is 22.1. The summed E-state index contributed by atoms with van der Waals surface area (Å²) in [6, 6.07) is -0.981. The first-order chi connectivity index (χ1) is 2.64. The fourth-order valence-corrected chi connectivity index (χ4v) is 0. The van der Waals surface area contributed by atoms with Gasteiger partial charge in [-0.2, -0.15) is 0 Å². The van der Waals surface area contributed by atoms with Crippen LogP contribution in [0.4, 0.5) is 8.78 Å². The molecule has 38 valence electrons. The van der Waals surface area contributed by atoms with Crippen LogP contribution < -0.4 is 5.73 Å². The molecule has 0 unspecified atom stereocenters. The monoisotopic (exact) mass is 95.1 g/mol. The smallest absolute Gasteiger partial charge is 0.253 e. The van der Waals surface area contributed by atoms with Crippen LogP contribution in [-0.2, 0) is 0 Å². The van der Waals surface area contributed by atoms with E-state index in [1.807, 2.05) is 0 Å². The third-order valence-corrected chi connectivity index (χ3v) is 0.397. The highest BCUT2D eigenvalue weighted by atomic mass is 19.3. The van der Waals surface area contributed by atoms with Gasteiger partial charge in [0, 0.05) is 0 Å². The Kier molecular flexibility index (Phi) is 2.01. The minimum atomic E-state index is -2.37. The molecule has 1 atom stereocenters. The summed E-state index contributed by atoms with van der Waals surface area (Å²) in [5.41, 5.74) is 4.69. The van der Waals surface area contributed by atoms with Crippen LogP contribution in [-0.4, -0.2) is 12.5 Å². The lowest BCUT2D eigenvalue weighted by atomic mass is 10.4. The van der Waals surface area contributed by atoms with Gasteiger partial charge >= 0.3 is 0 Å². The minimum Gasteiger partial charge on any atom is -0.323 e. The first-order valence-corrected chi connectivity index (χ1v) is 1.68. The molecule has 0 aliphatic carbocycles. The van der Waals surface area contributed by atoms with Crippen molar-refractivity contribution < 1.29 is 8.78 Å². The van der Waals surface area contributed by atoms with Gasteiger partial charge in [0.25, 0.3) is 6.43 Å². The molecule has 0 aliphatic heterocycles. The van der Waals surface area contributed by atoms with E-state index in [9.17, 15) is 8.78 Å². The van der Waals surface area contributed by atoms with E-state index in [2.05, 4.69) is 5.73 Å². The number of nitrogens with two attached hydrogens (primary N) is 1. The van der Waals surface area contributed by atoms with Gasteiger partial charge in [0.1, 0.15) is 0 Å². The Balaban J connectivity index is 2.99. The molecule has 0 aromatic heterocycles. The Hall–Kier alpha value is -0.180. The van der Waals surface area contributed by atoms with E-state index in [0.717, 1.165) is 0 Å². The normalized spacial score (nSPS) is 15.5. The molecule has 0 aromatic carbocycles. The molecule has 2 N–H and O–H groups in total. The minimum absolute atomic E-state index is 0.981. The number of hydrogen-bond acceptors (Lipinski definition) is 1. The molecule has 0 spiro atoms. The SMILES string of the molecule is C[C@@H](N)C(F)F. The Morgan fingerprint density at radius 1 is 1.50 bits per heavy atom. The topological polar surface area (TPSA) is 26.0 Å². The predicted molar refractivity (Wildman–Crippen MR) is 19.7 cm³/mol. The zero-order valence-electron chi connectivity index (χ0n) is 3.49. The van der Waals surface area contributed by atoms with Gasteiger partial charge in [-0.3, -0.25) is 0 Å². The van der Waals surface area contributed by atoms with Gasteiger partial charge in [-0.1, -0.05) is 0 Å². The van der Waals surface area contributed by atoms with Gasteiger partial charge in [-0.05, 0) is 6.92 Å². The fourth-order valence-electron chi connectivity index (χ4n) is 0. The molecule has 3 heteroatoms. The maximum Gasteiger partial charge on any atom is 0.253 e. The van der Waals surface area contributed by atoms with E-state index in [-0.39, 0.29) is 0 Å². The highest BCUT2D eigenvalue weighted by Gasteiger charge is 2.05. The van der Waals surface area contributed by atoms with Gasteiger partial charge in [0.05, 0.1) is 6.04 Å². The van der Waals surface area contributed by atoms with E-state index in [0.29, 0.717) is 0 Å². The van der Waals surface area contributed by atoms with Crippen molar-refractivity contribution in [1.82, 2.24) is 0 Å². The van der Waals surface area contributed by atoms with Crippen LogP contribution in [0.25, 0.3) is 0 Å². The summed E-state index contributed by atoms with van der Waals surface area (Å²) in [6.45, 7) is 1.27. The lowest BCUT2D eigenvalue weighted by molar-refractivity contribution is 0.123. The van der Waals surface area contributed by atoms with Gasteiger partial charge in [0.15, 0.2) is 0 Å². The fraction of sp³-hybridized carbons (Fsp3) is 1.00. The van der Waals surface area contributed by atoms with Crippen molar-refractivity contribution in [2.75, 3.05) is 0 Å². The zero-order valence-corrected chi connectivity index (χ0v) is 3.49. The average Bonchev–Trinajstić information content (AvgIpc) is 1.36. The van der Waals surface area contributed by atoms with Gasteiger partial charge < -0.3 is 5.73 Å². The predicted octanol–water partition coefficient (Wildman–Crippen LogP) is 0.599. The molecule has 0 fully saturated rings. The summed E-state index contributed by atoms with van der Waals surface area (Å²) in [5.74, 6) is 0. The molecule has 0 radical (unpaired) electrons. The highest BCUT2D eigenvalue weighted by molar-refractivity contribution is 4.51. The van der Waals surface area contributed by atoms with Crippen LogP contribution in [0.5, 0.6) is 0 Å². The maximum absolute atomic E-state index is 11.0. The molecule has 0 saturated heterocycles. The summed E-state index contributed by atoms with van der Waals surface area (Å²) in [4.78, 5) is 0. The van der Waals surface area contributed by atoms with E-state index < -0.39 is 12.5 Å². The van der Waals surface area contributed by atoms with Crippen molar-refractivity contribution in [3.63, 3.8) is 0 Å². The molecule has 0 heterocycles. The molecule has 6 heavy (non-hydrogen) atoms. The summed E-state index contributed by atoms with van der Waals surface area (Å²) in [7, 11) is 0. The van der Waals surface area contributed by atoms with Crippen LogP contribution in [0.1, 0.15) is 6.92 Å². The second kappa shape index (κ2) is 2.08. The van der Waals surface area contributed by atoms with Crippen molar-refractivity contribution in [3.8, 4) is 0 Å². The molecular formula is C3H7F2N. The molecule has 1 nitrogen and oxygen atoms in total. The van der Waals surface area contributed by atoms with Gasteiger partial charge in [-0.25, -0.2) is 8.78 Å². The number of hydrogen-bond donors (Lipinski definition) is 1. The Bertz CT molecular complexity index is 29.8. The van der Waals surface area contributed by atoms with Crippen LogP contribution in [0.3, 0.4) is 0 Å². The highest BCUT2D eigenvalue weighted by Crippen LogP contribution is 1.93. The lowest BCUT2D eigenvalue weighted by Gasteiger charge is -1.97. The third-order valence-electron chi connectivity index (χ3n) is 0.397. The maximum atomic E-state index is 11.0. The van der Waals surface area contributed by atoms with Crippen molar-refractivity contribution in [2.24, 2.45) is 5.73 Å². The Morgan fingerprint density at radius 3 is 1.67 bits per heavy atom. The van der Waals surface area contributed by atoms with Crippen molar-refractivity contribution in [3.05, 3.63) is 0 Å². The zero-order chi connectivity index (χ0) is 5.15. The van der Waals surface area contributed by atoms with Gasteiger partial charge in [0.2, 0.25) is 0 Å². The molecular weight excluding hydrogens is 88.0 g/mol. The molecule has 0 amide bonds. The molecule has 0 saturated carbocycles. The molecule has 0 bridgehead atoms. The average molecular weight is 95.1 g/mol. The second-order valence-electron chi connectivity index (χ2n) is 1.19. The van der Waals surface area contributed by atoms with Crippen LogP contribution in [0, 0.1) is 0 Å². The van der Waals surface area contributed by atoms with E-state index in [4.69, 9.17) is 0 Å². The molecule has 0 aliphatic rings. The van der Waals surface area contributed by atoms with E-state index in [1.165, 1.54) is 6.92 Å². The van der Waals surface area contributed by atoms with Crippen LogP contribution in [0.2, 0.25) is 0 Å². The van der Waals surface area contributed by atoms with Crippen molar-refractivity contribution in [1.29, 1.82) is 0 Å². The summed E-state index contributed by atoms with van der Waals surface area (Å²) >= 11 is 0. The van der Waals surface area contributed by atoms with Crippen molar-refractivity contribution in [2.45, 2.75) is 19.4 Å². The number of halogens is 2. The Morgan fingerprint density at radius 2 is 1.67 bits per heavy atom. The number of rotatable bonds is 1. The van der Waals surface area contributed by atoms with Crippen LogP contribution >= 0.6 is 0 Å². The Labute approximate surface area is 35.1 Å². The second-order valence-corrected chi connectivity index (χ2v) is 1.19. The van der Waals surface area contributed by atoms with E-state index >= 15 is 0 Å². The van der Waals surface area contributed by atoms with E-state index in [1.54, 1.807) is 0 Å². The summed E-state index contributed by atoms with van der Waals surface area (Å²) in [6.07, 6.45) is -2.37. The van der Waals surface area contributed by atoms with Crippen molar-refractivity contribution >= 4 is 0 Å². The van der Waals surface area contributed by atoms with Gasteiger partial charge in [-0.15, -0.1) is 0 Å². The van der Waals surface area contributed by atoms with Crippen LogP contribution in [0.15, 0.2) is 0 Å².